The molecule has 128 valence electrons. The molecule has 0 amide bonds. The lowest BCUT2D eigenvalue weighted by Crippen LogP contribution is -2.47. The van der Waals surface area contributed by atoms with Crippen molar-refractivity contribution in [3.8, 4) is 0 Å². The van der Waals surface area contributed by atoms with Gasteiger partial charge in [0.1, 0.15) is 18.0 Å². The molecule has 0 radical (unpaired) electrons. The molecule has 0 bridgehead atoms. The molecule has 7 heteroatoms. The SMILES string of the molecule is Cc1ccc(S(=O)(=O)OCC2(O)Cc3ccccc3[S+]([O-])C2)cc1. The Morgan fingerprint density at radius 1 is 1.21 bits per heavy atom. The van der Waals surface area contributed by atoms with Gasteiger partial charge in [-0.1, -0.05) is 35.9 Å². The van der Waals surface area contributed by atoms with Crippen molar-refractivity contribution in [2.75, 3.05) is 12.4 Å². The van der Waals surface area contributed by atoms with Crippen LogP contribution < -0.4 is 0 Å². The highest BCUT2D eigenvalue weighted by molar-refractivity contribution is 7.91. The van der Waals surface area contributed by atoms with Crippen molar-refractivity contribution in [3.05, 3.63) is 59.7 Å². The lowest BCUT2D eigenvalue weighted by Gasteiger charge is -2.33. The van der Waals surface area contributed by atoms with Gasteiger partial charge in [0.2, 0.25) is 0 Å². The topological polar surface area (TPSA) is 86.7 Å². The van der Waals surface area contributed by atoms with Crippen LogP contribution in [0.3, 0.4) is 0 Å². The van der Waals surface area contributed by atoms with E-state index in [-0.39, 0.29) is 17.1 Å². The van der Waals surface area contributed by atoms with E-state index in [0.717, 1.165) is 11.1 Å². The van der Waals surface area contributed by atoms with Gasteiger partial charge in [-0.15, -0.1) is 0 Å². The van der Waals surface area contributed by atoms with E-state index in [1.165, 1.54) is 12.1 Å². The van der Waals surface area contributed by atoms with Crippen molar-refractivity contribution < 1.29 is 22.3 Å². The predicted molar refractivity (Wildman–Crippen MR) is 90.7 cm³/mol. The highest BCUT2D eigenvalue weighted by atomic mass is 32.2. The second-order valence-corrected chi connectivity index (χ2v) is 9.06. The Kier molecular flexibility index (Phi) is 4.72. The molecule has 0 aliphatic carbocycles. The summed E-state index contributed by atoms with van der Waals surface area (Å²) in [6.45, 7) is 1.43. The quantitative estimate of drug-likeness (QED) is 0.659. The summed E-state index contributed by atoms with van der Waals surface area (Å²) in [5.74, 6) is -0.0482. The standard InChI is InChI=1S/C17H18O5S2/c1-13-6-8-15(9-7-13)24(20,21)22-11-17(18)10-14-4-2-3-5-16(14)23(19)12-17/h2-9,18H,10-12H2,1H3. The Labute approximate surface area is 144 Å². The third-order valence-corrected chi connectivity index (χ3v) is 6.90. The lowest BCUT2D eigenvalue weighted by molar-refractivity contribution is 0.0146. The molecule has 0 aromatic heterocycles. The maximum atomic E-state index is 12.3. The zero-order valence-corrected chi connectivity index (χ0v) is 14.8. The van der Waals surface area contributed by atoms with E-state index in [1.54, 1.807) is 36.4 Å². The first kappa shape index (κ1) is 17.4. The number of hydrogen-bond acceptors (Lipinski definition) is 5. The van der Waals surface area contributed by atoms with Crippen LogP contribution in [0, 0.1) is 6.92 Å². The summed E-state index contributed by atoms with van der Waals surface area (Å²) in [5.41, 5.74) is 0.213. The fraction of sp³-hybridized carbons (Fsp3) is 0.294. The maximum absolute atomic E-state index is 12.3. The summed E-state index contributed by atoms with van der Waals surface area (Å²) in [7, 11) is -3.97. The molecule has 2 aromatic rings. The number of aliphatic hydroxyl groups is 1. The minimum atomic E-state index is -3.97. The van der Waals surface area contributed by atoms with Crippen LogP contribution in [0.2, 0.25) is 0 Å². The van der Waals surface area contributed by atoms with Gasteiger partial charge in [-0.05, 0) is 36.3 Å². The first-order valence-corrected chi connectivity index (χ1v) is 10.2. The summed E-state index contributed by atoms with van der Waals surface area (Å²) in [5, 5.41) is 10.7. The van der Waals surface area contributed by atoms with Gasteiger partial charge in [0.25, 0.3) is 10.1 Å². The summed E-state index contributed by atoms with van der Waals surface area (Å²) < 4.78 is 41.8. The van der Waals surface area contributed by atoms with Gasteiger partial charge in [-0.2, -0.15) is 8.42 Å². The van der Waals surface area contributed by atoms with Gasteiger partial charge >= 0.3 is 0 Å². The van der Waals surface area contributed by atoms with Gasteiger partial charge in [0.05, 0.1) is 4.90 Å². The predicted octanol–water partition coefficient (Wildman–Crippen LogP) is 1.80. The molecule has 0 saturated heterocycles. The van der Waals surface area contributed by atoms with Crippen molar-refractivity contribution in [1.29, 1.82) is 0 Å². The van der Waals surface area contributed by atoms with E-state index >= 15 is 0 Å². The molecule has 1 N–H and O–H groups in total. The Morgan fingerprint density at radius 2 is 1.88 bits per heavy atom. The number of rotatable bonds is 4. The molecule has 1 aliphatic rings. The van der Waals surface area contributed by atoms with Crippen LogP contribution in [0.25, 0.3) is 0 Å². The maximum Gasteiger partial charge on any atom is 0.297 e. The van der Waals surface area contributed by atoms with E-state index in [0.29, 0.717) is 4.90 Å². The molecule has 3 rings (SSSR count). The summed E-state index contributed by atoms with van der Waals surface area (Å²) in [4.78, 5) is 0.720. The van der Waals surface area contributed by atoms with E-state index < -0.39 is 33.5 Å². The minimum Gasteiger partial charge on any atom is -0.611 e. The van der Waals surface area contributed by atoms with E-state index in [1.807, 2.05) is 6.92 Å². The summed E-state index contributed by atoms with van der Waals surface area (Å²) in [6.07, 6.45) is 0.207. The summed E-state index contributed by atoms with van der Waals surface area (Å²) >= 11 is -1.39. The molecule has 1 aliphatic heterocycles. The summed E-state index contributed by atoms with van der Waals surface area (Å²) in [6, 6.07) is 13.4. The third kappa shape index (κ3) is 3.65. The smallest absolute Gasteiger partial charge is 0.297 e. The average molecular weight is 366 g/mol. The van der Waals surface area contributed by atoms with Crippen molar-refractivity contribution in [2.24, 2.45) is 0 Å². The highest BCUT2D eigenvalue weighted by Crippen LogP contribution is 2.31. The first-order chi connectivity index (χ1) is 11.3. The van der Waals surface area contributed by atoms with Crippen LogP contribution >= 0.6 is 0 Å². The van der Waals surface area contributed by atoms with Gasteiger partial charge in [0.15, 0.2) is 4.90 Å². The first-order valence-electron chi connectivity index (χ1n) is 7.44. The van der Waals surface area contributed by atoms with Gasteiger partial charge < -0.3 is 9.66 Å². The van der Waals surface area contributed by atoms with Crippen molar-refractivity contribution in [3.63, 3.8) is 0 Å². The van der Waals surface area contributed by atoms with E-state index in [2.05, 4.69) is 0 Å². The number of aryl methyl sites for hydroxylation is 1. The Balaban J connectivity index is 1.75. The Morgan fingerprint density at radius 3 is 2.58 bits per heavy atom. The van der Waals surface area contributed by atoms with Crippen molar-refractivity contribution >= 4 is 21.3 Å². The lowest BCUT2D eigenvalue weighted by atomic mass is 9.97. The van der Waals surface area contributed by atoms with Crippen LogP contribution in [0.5, 0.6) is 0 Å². The molecular formula is C17H18O5S2. The number of hydrogen-bond donors (Lipinski definition) is 1. The molecule has 2 aromatic carbocycles. The minimum absolute atomic E-state index is 0.0361. The van der Waals surface area contributed by atoms with Crippen LogP contribution in [0.4, 0.5) is 0 Å². The molecule has 2 atom stereocenters. The van der Waals surface area contributed by atoms with Crippen molar-refractivity contribution in [2.45, 2.75) is 28.7 Å². The Hall–Kier alpha value is -1.38. The molecule has 2 unspecified atom stereocenters. The van der Waals surface area contributed by atoms with Crippen molar-refractivity contribution in [1.82, 2.24) is 0 Å². The largest absolute Gasteiger partial charge is 0.611 e. The van der Waals surface area contributed by atoms with Crippen LogP contribution in [0.1, 0.15) is 11.1 Å². The van der Waals surface area contributed by atoms with E-state index in [9.17, 15) is 18.1 Å². The van der Waals surface area contributed by atoms with Crippen LogP contribution in [0.15, 0.2) is 58.3 Å². The fourth-order valence-corrected chi connectivity index (χ4v) is 5.12. The van der Waals surface area contributed by atoms with Crippen LogP contribution in [-0.2, 0) is 31.9 Å². The molecule has 0 spiro atoms. The third-order valence-electron chi connectivity index (χ3n) is 3.93. The normalized spacial score (nSPS) is 23.7. The molecule has 0 saturated carbocycles. The second-order valence-electron chi connectivity index (χ2n) is 6.03. The van der Waals surface area contributed by atoms with Gasteiger partial charge in [0, 0.05) is 12.0 Å². The average Bonchev–Trinajstić information content (AvgIpc) is 2.54. The number of benzene rings is 2. The zero-order valence-electron chi connectivity index (χ0n) is 13.1. The molecule has 5 nitrogen and oxygen atoms in total. The molecule has 1 heterocycles. The highest BCUT2D eigenvalue weighted by Gasteiger charge is 2.41. The Bertz CT molecular complexity index is 832. The second kappa shape index (κ2) is 6.50. The van der Waals surface area contributed by atoms with Crippen LogP contribution in [-0.4, -0.2) is 36.0 Å². The molecule has 0 fully saturated rings. The van der Waals surface area contributed by atoms with Gasteiger partial charge in [-0.25, -0.2) is 0 Å². The molecule has 24 heavy (non-hydrogen) atoms. The molecular weight excluding hydrogens is 348 g/mol. The fourth-order valence-electron chi connectivity index (χ4n) is 2.65. The van der Waals surface area contributed by atoms with E-state index in [4.69, 9.17) is 4.18 Å². The van der Waals surface area contributed by atoms with Gasteiger partial charge in [-0.3, -0.25) is 4.18 Å². The number of fused-ring (bicyclic) bond motifs is 1. The monoisotopic (exact) mass is 366 g/mol. The zero-order chi connectivity index (χ0) is 17.4.